The monoisotopic (exact) mass is 435 g/mol. The van der Waals surface area contributed by atoms with Gasteiger partial charge in [0.15, 0.2) is 0 Å². The lowest BCUT2D eigenvalue weighted by Gasteiger charge is -2.52. The quantitative estimate of drug-likeness (QED) is 0.629. The third kappa shape index (κ3) is 3.93. The molecular weight excluding hydrogens is 405 g/mol. The van der Waals surface area contributed by atoms with Crippen LogP contribution in [-0.2, 0) is 25.8 Å². The van der Waals surface area contributed by atoms with Gasteiger partial charge in [-0.1, -0.05) is 36.8 Å². The minimum absolute atomic E-state index is 0.163. The number of aliphatic hydroxyl groups is 1. The predicted molar refractivity (Wildman–Crippen MR) is 120 cm³/mol. The molecule has 32 heavy (non-hydrogen) atoms. The van der Waals surface area contributed by atoms with Crippen molar-refractivity contribution in [1.29, 1.82) is 0 Å². The molecule has 3 aromatic rings. The summed E-state index contributed by atoms with van der Waals surface area (Å²) in [5, 5.41) is 11.8. The van der Waals surface area contributed by atoms with Gasteiger partial charge in [0, 0.05) is 56.5 Å². The minimum atomic E-state index is -0.861. The Morgan fingerprint density at radius 3 is 2.62 bits per heavy atom. The van der Waals surface area contributed by atoms with Crippen molar-refractivity contribution in [2.45, 2.75) is 38.0 Å². The van der Waals surface area contributed by atoms with Crippen LogP contribution in [0.2, 0.25) is 0 Å². The van der Waals surface area contributed by atoms with Gasteiger partial charge < -0.3 is 14.4 Å². The number of halogens is 1. The van der Waals surface area contributed by atoms with Crippen LogP contribution in [0.5, 0.6) is 5.75 Å². The second kappa shape index (κ2) is 8.68. The summed E-state index contributed by atoms with van der Waals surface area (Å²) in [6.45, 7) is 2.76. The van der Waals surface area contributed by atoms with Gasteiger partial charge >= 0.3 is 0 Å². The lowest BCUT2D eigenvalue weighted by Crippen LogP contribution is -2.58. The third-order valence-electron chi connectivity index (χ3n) is 7.14. The number of nitrogens with zero attached hydrogens (tertiary/aromatic N) is 3. The number of hydrogen-bond donors (Lipinski definition) is 1. The van der Waals surface area contributed by atoms with Crippen molar-refractivity contribution in [2.75, 3.05) is 13.1 Å². The SMILES string of the molecule is Cn1ccnc1C1(O)[C@H]2CCC[C@H]1CN(Cc1ccccc1OCc1cccc(F)c1)C2. The zero-order valence-electron chi connectivity index (χ0n) is 18.5. The first-order chi connectivity index (χ1) is 15.5. The molecule has 168 valence electrons. The molecule has 1 N–H and O–H groups in total. The van der Waals surface area contributed by atoms with Gasteiger partial charge in [0.1, 0.15) is 29.6 Å². The van der Waals surface area contributed by atoms with E-state index < -0.39 is 5.60 Å². The number of fused-ring (bicyclic) bond motifs is 2. The molecule has 5 nitrogen and oxygen atoms in total. The van der Waals surface area contributed by atoms with E-state index in [1.807, 2.05) is 42.1 Å². The van der Waals surface area contributed by atoms with E-state index in [2.05, 4.69) is 16.0 Å². The first-order valence-electron chi connectivity index (χ1n) is 11.4. The van der Waals surface area contributed by atoms with Crippen LogP contribution in [0.4, 0.5) is 4.39 Å². The number of hydrogen-bond acceptors (Lipinski definition) is 4. The number of benzene rings is 2. The zero-order valence-corrected chi connectivity index (χ0v) is 18.5. The summed E-state index contributed by atoms with van der Waals surface area (Å²) in [6, 6.07) is 14.6. The van der Waals surface area contributed by atoms with Gasteiger partial charge in [0.2, 0.25) is 0 Å². The molecule has 5 rings (SSSR count). The maximum atomic E-state index is 13.5. The van der Waals surface area contributed by atoms with E-state index in [1.54, 1.807) is 12.3 Å². The molecule has 2 heterocycles. The van der Waals surface area contributed by atoms with Gasteiger partial charge in [-0.05, 0) is 36.6 Å². The number of rotatable bonds is 6. The Bertz CT molecular complexity index is 1070. The van der Waals surface area contributed by atoms with Crippen LogP contribution >= 0.6 is 0 Å². The van der Waals surface area contributed by atoms with E-state index >= 15 is 0 Å². The second-order valence-corrected chi connectivity index (χ2v) is 9.23. The van der Waals surface area contributed by atoms with Gasteiger partial charge in [-0.25, -0.2) is 9.37 Å². The fraction of sp³-hybridized carbons (Fsp3) is 0.423. The second-order valence-electron chi connectivity index (χ2n) is 9.23. The fourth-order valence-electron chi connectivity index (χ4n) is 5.59. The highest BCUT2D eigenvalue weighted by molar-refractivity contribution is 5.34. The molecule has 1 aliphatic heterocycles. The number of aryl methyl sites for hydroxylation is 1. The van der Waals surface area contributed by atoms with Crippen molar-refractivity contribution < 1.29 is 14.2 Å². The summed E-state index contributed by atoms with van der Waals surface area (Å²) < 4.78 is 21.5. The Balaban J connectivity index is 1.31. The summed E-state index contributed by atoms with van der Waals surface area (Å²) in [4.78, 5) is 6.96. The number of imidazole rings is 1. The van der Waals surface area contributed by atoms with Crippen LogP contribution < -0.4 is 4.74 Å². The molecule has 2 aromatic carbocycles. The smallest absolute Gasteiger partial charge is 0.141 e. The van der Waals surface area contributed by atoms with Crippen molar-refractivity contribution >= 4 is 0 Å². The summed E-state index contributed by atoms with van der Waals surface area (Å²) >= 11 is 0. The number of para-hydroxylation sites is 1. The molecule has 6 heteroatoms. The third-order valence-corrected chi connectivity index (χ3v) is 7.14. The normalized spacial score (nSPS) is 25.6. The van der Waals surface area contributed by atoms with Crippen LogP contribution in [0.25, 0.3) is 0 Å². The first kappa shape index (κ1) is 21.2. The molecule has 2 fully saturated rings. The average Bonchev–Trinajstić information content (AvgIpc) is 3.20. The largest absolute Gasteiger partial charge is 0.489 e. The summed E-state index contributed by atoms with van der Waals surface area (Å²) in [7, 11) is 1.97. The van der Waals surface area contributed by atoms with Crippen molar-refractivity contribution in [3.05, 3.63) is 83.7 Å². The number of ether oxygens (including phenoxy) is 1. The average molecular weight is 436 g/mol. The van der Waals surface area contributed by atoms with Gasteiger partial charge in [0.25, 0.3) is 0 Å². The Kier molecular flexibility index (Phi) is 5.74. The number of piperidine rings is 1. The topological polar surface area (TPSA) is 50.5 Å². The summed E-state index contributed by atoms with van der Waals surface area (Å²) in [6.07, 6.45) is 6.87. The zero-order chi connectivity index (χ0) is 22.1. The highest BCUT2D eigenvalue weighted by atomic mass is 19.1. The predicted octanol–water partition coefficient (Wildman–Crippen LogP) is 4.26. The van der Waals surface area contributed by atoms with Crippen molar-refractivity contribution in [2.24, 2.45) is 18.9 Å². The molecule has 2 aliphatic rings. The number of likely N-dealkylation sites (tertiary alicyclic amines) is 1. The van der Waals surface area contributed by atoms with E-state index in [4.69, 9.17) is 4.74 Å². The van der Waals surface area contributed by atoms with Crippen LogP contribution in [0.15, 0.2) is 60.9 Å². The Labute approximate surface area is 188 Å². The van der Waals surface area contributed by atoms with Crippen molar-refractivity contribution in [3.63, 3.8) is 0 Å². The molecule has 0 spiro atoms. The molecule has 0 amide bonds. The molecule has 1 saturated carbocycles. The Morgan fingerprint density at radius 2 is 1.91 bits per heavy atom. The summed E-state index contributed by atoms with van der Waals surface area (Å²) in [5.74, 6) is 1.70. The van der Waals surface area contributed by atoms with E-state index in [-0.39, 0.29) is 17.7 Å². The van der Waals surface area contributed by atoms with Crippen molar-refractivity contribution in [3.8, 4) is 5.75 Å². The first-order valence-corrected chi connectivity index (χ1v) is 11.4. The number of aromatic nitrogens is 2. The molecule has 1 saturated heterocycles. The van der Waals surface area contributed by atoms with E-state index in [9.17, 15) is 9.50 Å². The van der Waals surface area contributed by atoms with E-state index in [0.29, 0.717) is 6.61 Å². The van der Waals surface area contributed by atoms with Crippen LogP contribution in [-0.4, -0.2) is 32.6 Å². The lowest BCUT2D eigenvalue weighted by atomic mass is 9.65. The fourth-order valence-corrected chi connectivity index (χ4v) is 5.59. The van der Waals surface area contributed by atoms with Gasteiger partial charge in [0.05, 0.1) is 0 Å². The minimum Gasteiger partial charge on any atom is -0.489 e. The molecule has 2 bridgehead atoms. The van der Waals surface area contributed by atoms with Gasteiger partial charge in [-0.3, -0.25) is 4.90 Å². The molecule has 1 aromatic heterocycles. The lowest BCUT2D eigenvalue weighted by molar-refractivity contribution is -0.155. The van der Waals surface area contributed by atoms with Crippen molar-refractivity contribution in [1.82, 2.24) is 14.5 Å². The molecular formula is C26H30FN3O2. The van der Waals surface area contributed by atoms with Crippen LogP contribution in [0, 0.1) is 17.7 Å². The Morgan fingerprint density at radius 1 is 1.12 bits per heavy atom. The van der Waals surface area contributed by atoms with E-state index in [1.165, 1.54) is 12.1 Å². The van der Waals surface area contributed by atoms with Gasteiger partial charge in [-0.2, -0.15) is 0 Å². The van der Waals surface area contributed by atoms with Crippen LogP contribution in [0.3, 0.4) is 0 Å². The van der Waals surface area contributed by atoms with Gasteiger partial charge in [-0.15, -0.1) is 0 Å². The maximum absolute atomic E-state index is 13.5. The molecule has 0 unspecified atom stereocenters. The molecule has 2 atom stereocenters. The van der Waals surface area contributed by atoms with E-state index in [0.717, 1.165) is 61.6 Å². The molecule has 1 aliphatic carbocycles. The van der Waals surface area contributed by atoms with Crippen LogP contribution in [0.1, 0.15) is 36.2 Å². The molecule has 0 radical (unpaired) electrons. The highest BCUT2D eigenvalue weighted by Crippen LogP contribution is 2.48. The summed E-state index contributed by atoms with van der Waals surface area (Å²) in [5.41, 5.74) is 1.07. The Hall–Kier alpha value is -2.70. The maximum Gasteiger partial charge on any atom is 0.141 e. The highest BCUT2D eigenvalue weighted by Gasteiger charge is 2.53. The standard InChI is InChI=1S/C26H30FN3O2/c1-29-13-12-28-25(29)26(31)21-8-5-9-22(26)17-30(16-21)15-20-7-2-3-11-24(20)32-18-19-6-4-10-23(27)14-19/h2-4,6-7,10-14,21-22,31H,5,8-9,15-18H2,1H3/t21-,22-/m0/s1.